The van der Waals surface area contributed by atoms with Crippen LogP contribution in [0.3, 0.4) is 0 Å². The molecule has 0 unspecified atom stereocenters. The molecular weight excluding hydrogens is 376 g/mol. The van der Waals surface area contributed by atoms with Crippen molar-refractivity contribution < 1.29 is 9.90 Å². The van der Waals surface area contributed by atoms with Crippen molar-refractivity contribution in [1.29, 1.82) is 0 Å². The Morgan fingerprint density at radius 3 is 2.42 bits per heavy atom. The second kappa shape index (κ2) is 6.63. The molecule has 0 aliphatic heterocycles. The molecule has 0 radical (unpaired) electrons. The summed E-state index contributed by atoms with van der Waals surface area (Å²) in [7, 11) is 0. The highest BCUT2D eigenvalue weighted by molar-refractivity contribution is 9.10. The van der Waals surface area contributed by atoms with Crippen molar-refractivity contribution in [3.8, 4) is 11.3 Å². The summed E-state index contributed by atoms with van der Waals surface area (Å²) in [5.74, 6) is -1.11. The van der Waals surface area contributed by atoms with Gasteiger partial charge in [-0.2, -0.15) is 0 Å². The van der Waals surface area contributed by atoms with Gasteiger partial charge in [0.15, 0.2) is 5.69 Å². The lowest BCUT2D eigenvalue weighted by Gasteiger charge is -2.00. The molecule has 8 heteroatoms. The number of carboxylic acid groups (broad SMARTS) is 1. The third-order valence-electron chi connectivity index (χ3n) is 3.28. The minimum absolute atomic E-state index is 0.0124. The van der Waals surface area contributed by atoms with Gasteiger partial charge in [0, 0.05) is 10.0 Å². The molecule has 24 heavy (non-hydrogen) atoms. The van der Waals surface area contributed by atoms with Crippen LogP contribution in [0.4, 0.5) is 11.4 Å². The van der Waals surface area contributed by atoms with Gasteiger partial charge in [-0.25, -0.2) is 4.79 Å². The molecule has 3 aromatic rings. The van der Waals surface area contributed by atoms with Crippen molar-refractivity contribution in [3.63, 3.8) is 0 Å². The molecule has 0 saturated carbocycles. The number of halogens is 1. The van der Waals surface area contributed by atoms with Gasteiger partial charge in [0.1, 0.15) is 5.69 Å². The Kier molecular flexibility index (Phi) is 4.39. The first-order chi connectivity index (χ1) is 11.6. The largest absolute Gasteiger partial charge is 0.478 e. The van der Waals surface area contributed by atoms with Crippen LogP contribution in [0.2, 0.25) is 0 Å². The fraction of sp³-hybridized carbons (Fsp3) is 0. The number of carboxylic acids is 1. The highest BCUT2D eigenvalue weighted by Crippen LogP contribution is 2.28. The predicted octanol–water partition coefficient (Wildman–Crippen LogP) is 4.25. The Labute approximate surface area is 144 Å². The maximum atomic E-state index is 12.0. The average Bonchev–Trinajstić information content (AvgIpc) is 2.94. The highest BCUT2D eigenvalue weighted by Gasteiger charge is 2.13. The molecule has 3 rings (SSSR count). The van der Waals surface area contributed by atoms with E-state index in [4.69, 9.17) is 5.11 Å². The Morgan fingerprint density at radius 1 is 1.00 bits per heavy atom. The van der Waals surface area contributed by atoms with Crippen molar-refractivity contribution >= 4 is 33.3 Å². The third-order valence-corrected chi connectivity index (χ3v) is 3.81. The smallest absolute Gasteiger partial charge is 0.337 e. The zero-order valence-corrected chi connectivity index (χ0v) is 13.7. The van der Waals surface area contributed by atoms with E-state index in [1.807, 2.05) is 24.3 Å². The normalized spacial score (nSPS) is 11.0. The number of nitrogens with zero attached hydrogens (tertiary/aromatic N) is 2. The first kappa shape index (κ1) is 15.9. The van der Waals surface area contributed by atoms with E-state index in [2.05, 4.69) is 36.4 Å². The Bertz CT molecular complexity index is 973. The van der Waals surface area contributed by atoms with Gasteiger partial charge in [-0.3, -0.25) is 15.0 Å². The minimum Gasteiger partial charge on any atom is -0.478 e. The fourth-order valence-corrected chi connectivity index (χ4v) is 2.38. The van der Waals surface area contributed by atoms with E-state index in [1.54, 1.807) is 12.1 Å². The van der Waals surface area contributed by atoms with Crippen molar-refractivity contribution in [1.82, 2.24) is 10.2 Å². The number of H-pyrrole nitrogens is 2. The monoisotopic (exact) mass is 386 g/mol. The molecule has 3 N–H and O–H groups in total. The molecule has 0 fully saturated rings. The molecule has 0 bridgehead atoms. The molecule has 120 valence electrons. The summed E-state index contributed by atoms with van der Waals surface area (Å²) in [6.45, 7) is 0. The van der Waals surface area contributed by atoms with Crippen LogP contribution >= 0.6 is 15.9 Å². The number of hydrogen-bond acceptors (Lipinski definition) is 4. The summed E-state index contributed by atoms with van der Waals surface area (Å²) in [6, 6.07) is 13.5. The Hall–Kier alpha value is -3.00. The van der Waals surface area contributed by atoms with E-state index in [0.717, 1.165) is 10.0 Å². The quantitative estimate of drug-likeness (QED) is 0.582. The van der Waals surface area contributed by atoms with Crippen LogP contribution in [0.25, 0.3) is 11.3 Å². The number of rotatable bonds is 4. The van der Waals surface area contributed by atoms with Crippen LogP contribution in [-0.4, -0.2) is 21.3 Å². The predicted molar refractivity (Wildman–Crippen MR) is 92.1 cm³/mol. The number of aromatic carboxylic acids is 1. The summed E-state index contributed by atoms with van der Waals surface area (Å²) >= 11 is 3.35. The van der Waals surface area contributed by atoms with Crippen LogP contribution in [-0.2, 0) is 0 Å². The van der Waals surface area contributed by atoms with E-state index in [-0.39, 0.29) is 16.9 Å². The molecule has 2 aromatic carbocycles. The number of carbonyl (C=O) groups is 1. The zero-order valence-electron chi connectivity index (χ0n) is 12.2. The number of azo groups is 1. The van der Waals surface area contributed by atoms with Gasteiger partial charge in [0.25, 0.3) is 5.56 Å². The van der Waals surface area contributed by atoms with Crippen LogP contribution < -0.4 is 5.56 Å². The van der Waals surface area contributed by atoms with Gasteiger partial charge in [0.2, 0.25) is 0 Å². The summed E-state index contributed by atoms with van der Waals surface area (Å²) in [5.41, 5.74) is 1.05. The Morgan fingerprint density at radius 2 is 1.71 bits per heavy atom. The van der Waals surface area contributed by atoms with E-state index in [9.17, 15) is 9.59 Å². The fourth-order valence-electron chi connectivity index (χ4n) is 2.12. The Balaban J connectivity index is 2.03. The minimum atomic E-state index is -1.11. The molecule has 0 amide bonds. The van der Waals surface area contributed by atoms with Gasteiger partial charge in [-0.05, 0) is 24.3 Å². The summed E-state index contributed by atoms with van der Waals surface area (Å²) in [6.07, 6.45) is 0. The SMILES string of the molecule is O=C(O)c1ccccc1N=Nc1c(-c2ccc(Br)cc2)[nH][nH]c1=O. The average molecular weight is 387 g/mol. The number of aromatic nitrogens is 2. The number of benzene rings is 2. The molecule has 0 atom stereocenters. The van der Waals surface area contributed by atoms with Gasteiger partial charge in [-0.15, -0.1) is 10.2 Å². The third kappa shape index (κ3) is 3.18. The first-order valence-electron chi connectivity index (χ1n) is 6.87. The lowest BCUT2D eigenvalue weighted by Crippen LogP contribution is -1.97. The van der Waals surface area contributed by atoms with Crippen molar-refractivity contribution in [2.45, 2.75) is 0 Å². The zero-order chi connectivity index (χ0) is 17.1. The molecule has 1 heterocycles. The summed E-state index contributed by atoms with van der Waals surface area (Å²) < 4.78 is 0.905. The molecule has 0 spiro atoms. The number of hydrogen-bond donors (Lipinski definition) is 3. The second-order valence-corrected chi connectivity index (χ2v) is 5.75. The lowest BCUT2D eigenvalue weighted by atomic mass is 10.1. The molecule has 7 nitrogen and oxygen atoms in total. The van der Waals surface area contributed by atoms with Crippen LogP contribution in [0.15, 0.2) is 68.0 Å². The van der Waals surface area contributed by atoms with Crippen molar-refractivity contribution in [2.75, 3.05) is 0 Å². The maximum absolute atomic E-state index is 12.0. The topological polar surface area (TPSA) is 111 Å². The molecule has 1 aromatic heterocycles. The molecule has 0 aliphatic carbocycles. The van der Waals surface area contributed by atoms with E-state index < -0.39 is 11.5 Å². The highest BCUT2D eigenvalue weighted by atomic mass is 79.9. The molecular formula is C16H11BrN4O3. The number of aromatic amines is 2. The molecule has 0 saturated heterocycles. The van der Waals surface area contributed by atoms with Gasteiger partial charge in [0.05, 0.1) is 11.3 Å². The second-order valence-electron chi connectivity index (χ2n) is 4.83. The van der Waals surface area contributed by atoms with Gasteiger partial charge >= 0.3 is 5.97 Å². The van der Waals surface area contributed by atoms with E-state index >= 15 is 0 Å². The van der Waals surface area contributed by atoms with E-state index in [0.29, 0.717) is 5.69 Å². The standard InChI is InChI=1S/C16H11BrN4O3/c17-10-7-5-9(6-8-10)13-14(15(22)21-19-13)20-18-12-4-2-1-3-11(12)16(23)24/h1-8H,(H,23,24)(H2,19,21,22). The van der Waals surface area contributed by atoms with Crippen LogP contribution in [0.1, 0.15) is 10.4 Å². The van der Waals surface area contributed by atoms with E-state index in [1.165, 1.54) is 12.1 Å². The molecule has 0 aliphatic rings. The van der Waals surface area contributed by atoms with Gasteiger partial charge < -0.3 is 5.11 Å². The van der Waals surface area contributed by atoms with Crippen LogP contribution in [0, 0.1) is 0 Å². The van der Waals surface area contributed by atoms with Crippen molar-refractivity contribution in [3.05, 3.63) is 68.9 Å². The maximum Gasteiger partial charge on any atom is 0.337 e. The van der Waals surface area contributed by atoms with Crippen LogP contribution in [0.5, 0.6) is 0 Å². The van der Waals surface area contributed by atoms with Crippen molar-refractivity contribution in [2.24, 2.45) is 10.2 Å². The summed E-state index contributed by atoms with van der Waals surface area (Å²) in [5, 5.41) is 22.3. The van der Waals surface area contributed by atoms with Gasteiger partial charge in [-0.1, -0.05) is 40.2 Å². The summed E-state index contributed by atoms with van der Waals surface area (Å²) in [4.78, 5) is 23.1. The number of nitrogens with one attached hydrogen (secondary N) is 2. The lowest BCUT2D eigenvalue weighted by molar-refractivity contribution is 0.0698. The first-order valence-corrected chi connectivity index (χ1v) is 7.66.